The first kappa shape index (κ1) is 13.1. The molecule has 7 atom stereocenters. The molecular formula is C17H26O3. The van der Waals surface area contributed by atoms with Gasteiger partial charge in [0.15, 0.2) is 0 Å². The number of fused-ring (bicyclic) bond motifs is 1. The maximum atomic E-state index is 11.5. The molecule has 112 valence electrons. The van der Waals surface area contributed by atoms with Gasteiger partial charge in [0, 0.05) is 17.8 Å². The minimum absolute atomic E-state index is 0.0766. The summed E-state index contributed by atoms with van der Waals surface area (Å²) >= 11 is 0. The lowest BCUT2D eigenvalue weighted by Crippen LogP contribution is -2.44. The fourth-order valence-electron chi connectivity index (χ4n) is 6.68. The molecule has 0 radical (unpaired) electrons. The number of epoxide rings is 1. The van der Waals surface area contributed by atoms with Crippen LogP contribution in [0.5, 0.6) is 0 Å². The number of ether oxygens (including phenoxy) is 2. The molecule has 3 saturated carbocycles. The van der Waals surface area contributed by atoms with Gasteiger partial charge in [-0.2, -0.15) is 0 Å². The van der Waals surface area contributed by atoms with Crippen LogP contribution in [0.2, 0.25) is 0 Å². The quantitative estimate of drug-likeness (QED) is 0.546. The molecule has 4 fully saturated rings. The summed E-state index contributed by atoms with van der Waals surface area (Å²) in [5, 5.41) is 0. The molecule has 0 unspecified atom stereocenters. The highest BCUT2D eigenvalue weighted by atomic mass is 16.6. The highest BCUT2D eigenvalue weighted by Crippen LogP contribution is 2.82. The second kappa shape index (κ2) is 3.43. The second-order valence-corrected chi connectivity index (χ2v) is 8.38. The first-order valence-corrected chi connectivity index (χ1v) is 8.11. The highest BCUT2D eigenvalue weighted by Gasteiger charge is 2.86. The summed E-state index contributed by atoms with van der Waals surface area (Å²) in [5.41, 5.74) is 0.530. The number of esters is 1. The second-order valence-electron chi connectivity index (χ2n) is 8.38. The summed E-state index contributed by atoms with van der Waals surface area (Å²) in [6, 6.07) is 0. The van der Waals surface area contributed by atoms with Crippen molar-refractivity contribution in [3.63, 3.8) is 0 Å². The first-order valence-electron chi connectivity index (χ1n) is 8.11. The summed E-state index contributed by atoms with van der Waals surface area (Å²) in [6.07, 6.45) is 4.00. The van der Waals surface area contributed by atoms with Gasteiger partial charge in [-0.15, -0.1) is 0 Å². The van der Waals surface area contributed by atoms with Gasteiger partial charge in [-0.25, -0.2) is 0 Å². The zero-order valence-corrected chi connectivity index (χ0v) is 13.2. The Morgan fingerprint density at radius 2 is 1.95 bits per heavy atom. The van der Waals surface area contributed by atoms with Crippen LogP contribution in [0, 0.1) is 28.6 Å². The molecule has 20 heavy (non-hydrogen) atoms. The lowest BCUT2D eigenvalue weighted by molar-refractivity contribution is -0.156. The molecule has 1 saturated heterocycles. The third-order valence-corrected chi connectivity index (χ3v) is 7.55. The topological polar surface area (TPSA) is 38.8 Å². The molecule has 1 aliphatic heterocycles. The van der Waals surface area contributed by atoms with E-state index in [4.69, 9.17) is 9.47 Å². The van der Waals surface area contributed by atoms with Crippen molar-refractivity contribution in [2.75, 3.05) is 0 Å². The zero-order valence-electron chi connectivity index (χ0n) is 13.2. The van der Waals surface area contributed by atoms with Gasteiger partial charge in [0.2, 0.25) is 0 Å². The Kier molecular flexibility index (Phi) is 2.25. The summed E-state index contributed by atoms with van der Waals surface area (Å²) in [7, 11) is 0. The van der Waals surface area contributed by atoms with Crippen LogP contribution in [0.15, 0.2) is 0 Å². The Morgan fingerprint density at radius 1 is 1.25 bits per heavy atom. The van der Waals surface area contributed by atoms with E-state index in [9.17, 15) is 4.79 Å². The predicted molar refractivity (Wildman–Crippen MR) is 75.0 cm³/mol. The Hall–Kier alpha value is -0.570. The van der Waals surface area contributed by atoms with Crippen molar-refractivity contribution in [1.29, 1.82) is 0 Å². The Morgan fingerprint density at radius 3 is 2.60 bits per heavy atom. The van der Waals surface area contributed by atoms with Crippen LogP contribution in [-0.2, 0) is 14.3 Å². The maximum absolute atomic E-state index is 11.5. The molecule has 3 aliphatic carbocycles. The van der Waals surface area contributed by atoms with Crippen LogP contribution in [0.3, 0.4) is 0 Å². The normalized spacial score (nSPS) is 58.0. The molecule has 1 heterocycles. The number of hydrogen-bond donors (Lipinski definition) is 0. The standard InChI is InChI=1S/C17H26O3/c1-9-6-14-17(20-14)15(4,5)12-7-16(9,17)8-13(10(12)2)19-11(3)18/h9-10,12-14H,6-8H2,1-5H3/t9-,10+,12+,13-,14+,16-,17-/m1/s1. The summed E-state index contributed by atoms with van der Waals surface area (Å²) in [5.74, 6) is 1.60. The molecule has 2 spiro atoms. The summed E-state index contributed by atoms with van der Waals surface area (Å²) in [4.78, 5) is 11.5. The van der Waals surface area contributed by atoms with E-state index in [1.807, 2.05) is 0 Å². The minimum atomic E-state index is -0.134. The maximum Gasteiger partial charge on any atom is 0.302 e. The molecule has 4 aliphatic rings. The van der Waals surface area contributed by atoms with Crippen molar-refractivity contribution >= 4 is 5.97 Å². The van der Waals surface area contributed by atoms with Crippen molar-refractivity contribution in [3.05, 3.63) is 0 Å². The number of carbonyl (C=O) groups excluding carboxylic acids is 1. The average molecular weight is 278 g/mol. The van der Waals surface area contributed by atoms with Crippen molar-refractivity contribution in [1.82, 2.24) is 0 Å². The first-order chi connectivity index (χ1) is 9.26. The zero-order chi connectivity index (χ0) is 14.5. The largest absolute Gasteiger partial charge is 0.462 e. The Labute approximate surface area is 121 Å². The molecule has 3 heteroatoms. The Balaban J connectivity index is 1.79. The molecule has 0 aromatic carbocycles. The Bertz CT molecular complexity index is 485. The van der Waals surface area contributed by atoms with Crippen molar-refractivity contribution < 1.29 is 14.3 Å². The van der Waals surface area contributed by atoms with Gasteiger partial charge in [0.05, 0.1) is 6.10 Å². The van der Waals surface area contributed by atoms with Gasteiger partial charge in [-0.1, -0.05) is 27.7 Å². The van der Waals surface area contributed by atoms with Gasteiger partial charge >= 0.3 is 5.97 Å². The fraction of sp³-hybridized carbons (Fsp3) is 0.941. The van der Waals surface area contributed by atoms with Gasteiger partial charge in [-0.05, 0) is 37.0 Å². The summed E-state index contributed by atoms with van der Waals surface area (Å²) < 4.78 is 12.0. The lowest BCUT2D eigenvalue weighted by atomic mass is 9.64. The van der Waals surface area contributed by atoms with E-state index in [-0.39, 0.29) is 28.5 Å². The van der Waals surface area contributed by atoms with E-state index >= 15 is 0 Å². The third kappa shape index (κ3) is 1.13. The molecule has 0 aromatic heterocycles. The van der Waals surface area contributed by atoms with Gasteiger partial charge in [0.1, 0.15) is 11.7 Å². The van der Waals surface area contributed by atoms with Crippen molar-refractivity contribution in [2.24, 2.45) is 28.6 Å². The van der Waals surface area contributed by atoms with E-state index < -0.39 is 0 Å². The van der Waals surface area contributed by atoms with Gasteiger partial charge < -0.3 is 9.47 Å². The number of hydrogen-bond acceptors (Lipinski definition) is 3. The van der Waals surface area contributed by atoms with Crippen LogP contribution in [0.1, 0.15) is 53.9 Å². The van der Waals surface area contributed by atoms with Crippen LogP contribution >= 0.6 is 0 Å². The van der Waals surface area contributed by atoms with Gasteiger partial charge in [-0.3, -0.25) is 4.79 Å². The lowest BCUT2D eigenvalue weighted by Gasteiger charge is -2.44. The van der Waals surface area contributed by atoms with Crippen LogP contribution < -0.4 is 0 Å². The number of carbonyl (C=O) groups is 1. The minimum Gasteiger partial charge on any atom is -0.462 e. The van der Waals surface area contributed by atoms with Crippen molar-refractivity contribution in [3.8, 4) is 0 Å². The molecule has 0 amide bonds. The van der Waals surface area contributed by atoms with Crippen LogP contribution in [0.25, 0.3) is 0 Å². The van der Waals surface area contributed by atoms with E-state index in [2.05, 4.69) is 27.7 Å². The average Bonchev–Trinajstić information content (AvgIpc) is 2.97. The molecule has 0 aromatic rings. The predicted octanol–water partition coefficient (Wildman–Crippen LogP) is 3.17. The van der Waals surface area contributed by atoms with Crippen LogP contribution in [0.4, 0.5) is 0 Å². The highest BCUT2D eigenvalue weighted by molar-refractivity contribution is 5.66. The van der Waals surface area contributed by atoms with E-state index in [0.717, 1.165) is 6.42 Å². The molecule has 3 nitrogen and oxygen atoms in total. The van der Waals surface area contributed by atoms with E-state index in [1.54, 1.807) is 0 Å². The fourth-order valence-corrected chi connectivity index (χ4v) is 6.68. The third-order valence-electron chi connectivity index (χ3n) is 7.55. The van der Waals surface area contributed by atoms with Gasteiger partial charge in [0.25, 0.3) is 0 Å². The summed E-state index contributed by atoms with van der Waals surface area (Å²) in [6.45, 7) is 11.0. The monoisotopic (exact) mass is 278 g/mol. The number of rotatable bonds is 1. The molecule has 2 bridgehead atoms. The molecule has 4 rings (SSSR count). The SMILES string of the molecule is CC(=O)O[C@@H]1C[C@@]23C[C@@H]([C@@H]1C)C(C)(C)[C@@]21O[C@H]1C[C@H]3C. The molecule has 0 N–H and O–H groups in total. The van der Waals surface area contributed by atoms with Crippen molar-refractivity contribution in [2.45, 2.75) is 71.7 Å². The smallest absolute Gasteiger partial charge is 0.302 e. The van der Waals surface area contributed by atoms with Crippen LogP contribution in [-0.4, -0.2) is 23.8 Å². The molecular weight excluding hydrogens is 252 g/mol. The van der Waals surface area contributed by atoms with E-state index in [0.29, 0.717) is 23.9 Å². The van der Waals surface area contributed by atoms with E-state index in [1.165, 1.54) is 19.8 Å².